The van der Waals surface area contributed by atoms with E-state index in [9.17, 15) is 5.26 Å². The lowest BCUT2D eigenvalue weighted by Crippen LogP contribution is -2.46. The molecule has 2 aromatic heterocycles. The van der Waals surface area contributed by atoms with E-state index in [1.54, 1.807) is 6.07 Å². The van der Waals surface area contributed by atoms with Crippen LogP contribution in [0.3, 0.4) is 0 Å². The average molecular weight is 431 g/mol. The first-order valence-electron chi connectivity index (χ1n) is 11.0. The first-order valence-corrected chi connectivity index (χ1v) is 11.0. The molecule has 4 heterocycles. The van der Waals surface area contributed by atoms with Crippen LogP contribution < -0.4 is 9.80 Å². The van der Waals surface area contributed by atoms with E-state index in [0.717, 1.165) is 35.6 Å². The number of nitriles is 1. The van der Waals surface area contributed by atoms with Crippen LogP contribution in [0, 0.1) is 11.3 Å². The summed E-state index contributed by atoms with van der Waals surface area (Å²) in [4.78, 5) is 19.3. The fraction of sp³-hybridized carbons (Fsp3) is 0.417. The molecule has 0 N–H and O–H groups in total. The van der Waals surface area contributed by atoms with Gasteiger partial charge in [-0.15, -0.1) is 0 Å². The van der Waals surface area contributed by atoms with Gasteiger partial charge in [-0.05, 0) is 38.1 Å². The number of hydrogen-bond acceptors (Lipinski definition) is 8. The Balaban J connectivity index is 1.66. The Hall–Kier alpha value is -3.28. The second-order valence-corrected chi connectivity index (χ2v) is 8.34. The van der Waals surface area contributed by atoms with Crippen molar-refractivity contribution >= 4 is 22.8 Å². The zero-order chi connectivity index (χ0) is 22.1. The van der Waals surface area contributed by atoms with Crippen LogP contribution in [0.1, 0.15) is 19.4 Å². The Morgan fingerprint density at radius 1 is 0.938 bits per heavy atom. The number of fused-ring (bicyclic) bond motifs is 1. The van der Waals surface area contributed by atoms with Crippen molar-refractivity contribution in [1.29, 1.82) is 5.26 Å². The maximum absolute atomic E-state index is 9.27. The van der Waals surface area contributed by atoms with Crippen molar-refractivity contribution in [2.24, 2.45) is 0 Å². The quantitative estimate of drug-likeness (QED) is 0.627. The summed E-state index contributed by atoms with van der Waals surface area (Å²) in [6, 6.07) is 14.1. The minimum Gasteiger partial charge on any atom is -0.377 e. The topological polar surface area (TPSA) is 87.4 Å². The third kappa shape index (κ3) is 3.85. The van der Waals surface area contributed by atoms with Gasteiger partial charge in [0.1, 0.15) is 5.82 Å². The zero-order valence-electron chi connectivity index (χ0n) is 18.4. The smallest absolute Gasteiger partial charge is 0.229 e. The first-order chi connectivity index (χ1) is 15.6. The van der Waals surface area contributed by atoms with Crippen LogP contribution >= 0.6 is 0 Å². The fourth-order valence-electron chi connectivity index (χ4n) is 4.31. The Morgan fingerprint density at radius 2 is 1.69 bits per heavy atom. The van der Waals surface area contributed by atoms with Gasteiger partial charge >= 0.3 is 0 Å². The molecule has 2 saturated heterocycles. The lowest BCUT2D eigenvalue weighted by Gasteiger charge is -2.37. The molecular formula is C24H26N6O2. The largest absolute Gasteiger partial charge is 0.377 e. The third-order valence-corrected chi connectivity index (χ3v) is 6.08. The van der Waals surface area contributed by atoms with Crippen LogP contribution in [0.5, 0.6) is 0 Å². The highest BCUT2D eigenvalue weighted by Gasteiger charge is 2.27. The number of aromatic nitrogens is 3. The Labute approximate surface area is 187 Å². The summed E-state index contributed by atoms with van der Waals surface area (Å²) in [5, 5.41) is 10.2. The van der Waals surface area contributed by atoms with Crippen LogP contribution in [-0.2, 0) is 9.47 Å². The molecule has 1 aromatic carbocycles. The molecule has 0 aliphatic carbocycles. The SMILES string of the molecule is C[C@H]1COCCN1c1nc(N2CCOC[C@@H]2C)c2ccc(-c3cccc(C#N)c3)nc2n1. The number of nitrogens with zero attached hydrogens (tertiary/aromatic N) is 6. The number of morpholine rings is 2. The molecule has 2 atom stereocenters. The van der Waals surface area contributed by atoms with E-state index >= 15 is 0 Å². The molecule has 0 bridgehead atoms. The average Bonchev–Trinajstić information content (AvgIpc) is 2.83. The van der Waals surface area contributed by atoms with Crippen LogP contribution in [0.15, 0.2) is 36.4 Å². The van der Waals surface area contributed by atoms with Gasteiger partial charge in [-0.25, -0.2) is 4.98 Å². The Bertz CT molecular complexity index is 1180. The normalized spacial score (nSPS) is 21.5. The standard InChI is InChI=1S/C24H26N6O2/c1-16-14-31-10-8-29(16)23-20-6-7-21(19-5-3-4-18(12-19)13-25)26-22(20)27-24(28-23)30-9-11-32-15-17(30)2/h3-7,12,16-17H,8-11,14-15H2,1-2H3/t16-,17-/m0/s1. The number of rotatable bonds is 3. The van der Waals surface area contributed by atoms with Crippen LogP contribution in [0.25, 0.3) is 22.3 Å². The maximum Gasteiger partial charge on any atom is 0.229 e. The molecule has 164 valence electrons. The molecule has 32 heavy (non-hydrogen) atoms. The van der Waals surface area contributed by atoms with Gasteiger partial charge in [0.15, 0.2) is 5.65 Å². The van der Waals surface area contributed by atoms with Gasteiger partial charge in [0.2, 0.25) is 5.95 Å². The summed E-state index contributed by atoms with van der Waals surface area (Å²) in [6.45, 7) is 8.45. The van der Waals surface area contributed by atoms with Gasteiger partial charge in [0, 0.05) is 18.7 Å². The van der Waals surface area contributed by atoms with E-state index in [1.807, 2.05) is 30.3 Å². The van der Waals surface area contributed by atoms with E-state index < -0.39 is 0 Å². The van der Waals surface area contributed by atoms with Crippen molar-refractivity contribution in [2.45, 2.75) is 25.9 Å². The van der Waals surface area contributed by atoms with Gasteiger partial charge in [-0.2, -0.15) is 15.2 Å². The van der Waals surface area contributed by atoms with Crippen molar-refractivity contribution in [2.75, 3.05) is 49.3 Å². The summed E-state index contributed by atoms with van der Waals surface area (Å²) in [7, 11) is 0. The molecule has 8 nitrogen and oxygen atoms in total. The van der Waals surface area contributed by atoms with Crippen LogP contribution in [0.4, 0.5) is 11.8 Å². The van der Waals surface area contributed by atoms with Gasteiger partial charge in [0.25, 0.3) is 0 Å². The molecule has 5 rings (SSSR count). The second kappa shape index (κ2) is 8.69. The monoisotopic (exact) mass is 430 g/mol. The lowest BCUT2D eigenvalue weighted by atomic mass is 10.1. The lowest BCUT2D eigenvalue weighted by molar-refractivity contribution is 0.0973. The highest BCUT2D eigenvalue weighted by atomic mass is 16.5. The fourth-order valence-corrected chi connectivity index (χ4v) is 4.31. The highest BCUT2D eigenvalue weighted by molar-refractivity contribution is 5.90. The predicted octanol–water partition coefficient (Wildman–Crippen LogP) is 3.01. The highest BCUT2D eigenvalue weighted by Crippen LogP contribution is 2.31. The summed E-state index contributed by atoms with van der Waals surface area (Å²) in [6.07, 6.45) is 0. The number of ether oxygens (including phenoxy) is 2. The number of benzene rings is 1. The van der Waals surface area contributed by atoms with Gasteiger partial charge in [-0.3, -0.25) is 0 Å². The maximum atomic E-state index is 9.27. The van der Waals surface area contributed by atoms with E-state index in [2.05, 4.69) is 29.7 Å². The van der Waals surface area contributed by atoms with E-state index in [0.29, 0.717) is 43.6 Å². The second-order valence-electron chi connectivity index (χ2n) is 8.34. The van der Waals surface area contributed by atoms with Crippen molar-refractivity contribution in [3.63, 3.8) is 0 Å². The molecule has 0 saturated carbocycles. The van der Waals surface area contributed by atoms with E-state index in [1.165, 1.54) is 0 Å². The Kier molecular flexibility index (Phi) is 5.60. The van der Waals surface area contributed by atoms with Gasteiger partial charge in [0.05, 0.1) is 61.2 Å². The van der Waals surface area contributed by atoms with E-state index in [-0.39, 0.29) is 12.1 Å². The minimum absolute atomic E-state index is 0.187. The third-order valence-electron chi connectivity index (χ3n) is 6.08. The van der Waals surface area contributed by atoms with Crippen molar-refractivity contribution in [3.05, 3.63) is 42.0 Å². The first kappa shape index (κ1) is 20.6. The predicted molar refractivity (Wildman–Crippen MR) is 123 cm³/mol. The van der Waals surface area contributed by atoms with Crippen LogP contribution in [-0.4, -0.2) is 66.6 Å². The van der Waals surface area contributed by atoms with Crippen molar-refractivity contribution in [3.8, 4) is 17.3 Å². The number of hydrogen-bond donors (Lipinski definition) is 0. The summed E-state index contributed by atoms with van der Waals surface area (Å²) in [5.74, 6) is 1.57. The van der Waals surface area contributed by atoms with Gasteiger partial charge < -0.3 is 19.3 Å². The van der Waals surface area contributed by atoms with Crippen molar-refractivity contribution in [1.82, 2.24) is 15.0 Å². The summed E-state index contributed by atoms with van der Waals surface area (Å²) < 4.78 is 11.3. The molecule has 3 aromatic rings. The molecule has 8 heteroatoms. The molecule has 2 aliphatic heterocycles. The molecule has 0 unspecified atom stereocenters. The number of pyridine rings is 1. The molecular weight excluding hydrogens is 404 g/mol. The minimum atomic E-state index is 0.187. The molecule has 0 amide bonds. The molecule has 2 aliphatic rings. The van der Waals surface area contributed by atoms with Crippen molar-refractivity contribution < 1.29 is 9.47 Å². The zero-order valence-corrected chi connectivity index (χ0v) is 18.4. The summed E-state index contributed by atoms with van der Waals surface area (Å²) >= 11 is 0. The summed E-state index contributed by atoms with van der Waals surface area (Å²) in [5.41, 5.74) is 2.95. The van der Waals surface area contributed by atoms with Gasteiger partial charge in [-0.1, -0.05) is 12.1 Å². The molecule has 0 spiro atoms. The van der Waals surface area contributed by atoms with Crippen LogP contribution in [0.2, 0.25) is 0 Å². The molecule has 0 radical (unpaired) electrons. The Morgan fingerprint density at radius 3 is 2.41 bits per heavy atom. The van der Waals surface area contributed by atoms with E-state index in [4.69, 9.17) is 24.4 Å². The molecule has 2 fully saturated rings. The number of anilines is 2.